The smallest absolute Gasteiger partial charge is 0.338 e. The molecule has 2 aromatic carbocycles. The first kappa shape index (κ1) is 15.9. The molecule has 0 fully saturated rings. The van der Waals surface area contributed by atoms with Crippen molar-refractivity contribution >= 4 is 28.6 Å². The highest BCUT2D eigenvalue weighted by atomic mass is 16.6. The molecule has 0 radical (unpaired) electrons. The summed E-state index contributed by atoms with van der Waals surface area (Å²) in [6.45, 7) is 0.565. The molecule has 0 spiro atoms. The topological polar surface area (TPSA) is 103 Å². The monoisotopic (exact) mass is 353 g/mol. The number of hydrogen-bond acceptors (Lipinski definition) is 6. The van der Waals surface area contributed by atoms with Crippen molar-refractivity contribution in [3.63, 3.8) is 0 Å². The van der Waals surface area contributed by atoms with Crippen LogP contribution in [0, 0.1) is 0 Å². The number of carbonyl (C=O) groups excluding carboxylic acids is 2. The summed E-state index contributed by atoms with van der Waals surface area (Å²) in [5.74, 6) is 0.172. The molecule has 1 amide bonds. The molecule has 1 aliphatic heterocycles. The third-order valence-electron chi connectivity index (χ3n) is 3.82. The lowest BCUT2D eigenvalue weighted by Crippen LogP contribution is -2.21. The number of esters is 1. The van der Waals surface area contributed by atoms with Crippen LogP contribution in [0.1, 0.15) is 10.4 Å². The summed E-state index contributed by atoms with van der Waals surface area (Å²) in [4.78, 5) is 31.1. The van der Waals surface area contributed by atoms with Gasteiger partial charge in [0.25, 0.3) is 5.91 Å². The third-order valence-corrected chi connectivity index (χ3v) is 3.82. The second-order valence-corrected chi connectivity index (χ2v) is 5.62. The van der Waals surface area contributed by atoms with Crippen LogP contribution in [-0.2, 0) is 9.53 Å². The van der Waals surface area contributed by atoms with Gasteiger partial charge in [0, 0.05) is 11.8 Å². The minimum atomic E-state index is -0.584. The lowest BCUT2D eigenvalue weighted by atomic mass is 10.2. The van der Waals surface area contributed by atoms with Crippen LogP contribution in [0.4, 0.5) is 5.69 Å². The molecule has 0 bridgehead atoms. The summed E-state index contributed by atoms with van der Waals surface area (Å²) in [5.41, 5.74) is 2.35. The lowest BCUT2D eigenvalue weighted by Gasteiger charge is -2.19. The molecule has 132 valence electrons. The van der Waals surface area contributed by atoms with E-state index in [4.69, 9.17) is 14.2 Å². The predicted octanol–water partition coefficient (Wildman–Crippen LogP) is 2.13. The summed E-state index contributed by atoms with van der Waals surface area (Å²) in [7, 11) is 0. The molecule has 2 N–H and O–H groups in total. The second-order valence-electron chi connectivity index (χ2n) is 5.62. The SMILES string of the molecule is O=C(COC(=O)c1ccc2nc[nH]c2c1)Nc1ccc2c(c1)OCCO2. The van der Waals surface area contributed by atoms with Gasteiger partial charge in [0.1, 0.15) is 13.2 Å². The Hall–Kier alpha value is -3.55. The van der Waals surface area contributed by atoms with Crippen LogP contribution >= 0.6 is 0 Å². The average Bonchev–Trinajstić information content (AvgIpc) is 3.14. The highest BCUT2D eigenvalue weighted by Gasteiger charge is 2.14. The third kappa shape index (κ3) is 3.30. The Labute approximate surface area is 148 Å². The summed E-state index contributed by atoms with van der Waals surface area (Å²) < 4.78 is 15.9. The number of rotatable bonds is 4. The van der Waals surface area contributed by atoms with Gasteiger partial charge < -0.3 is 24.5 Å². The zero-order valence-electron chi connectivity index (χ0n) is 13.7. The van der Waals surface area contributed by atoms with E-state index in [1.54, 1.807) is 42.7 Å². The van der Waals surface area contributed by atoms with Gasteiger partial charge in [-0.1, -0.05) is 0 Å². The van der Waals surface area contributed by atoms with E-state index < -0.39 is 18.5 Å². The first-order chi connectivity index (χ1) is 12.7. The molecular weight excluding hydrogens is 338 g/mol. The fourth-order valence-electron chi connectivity index (χ4n) is 2.60. The number of benzene rings is 2. The summed E-state index contributed by atoms with van der Waals surface area (Å²) in [6, 6.07) is 10.0. The highest BCUT2D eigenvalue weighted by molar-refractivity contribution is 5.97. The van der Waals surface area contributed by atoms with E-state index in [1.807, 2.05) is 0 Å². The maximum absolute atomic E-state index is 12.1. The van der Waals surface area contributed by atoms with Gasteiger partial charge in [-0.15, -0.1) is 0 Å². The number of carbonyl (C=O) groups is 2. The van der Waals surface area contributed by atoms with Crippen molar-refractivity contribution in [3.05, 3.63) is 48.3 Å². The fourth-order valence-corrected chi connectivity index (χ4v) is 2.60. The van der Waals surface area contributed by atoms with Crippen LogP contribution in [0.2, 0.25) is 0 Å². The molecule has 4 rings (SSSR count). The Balaban J connectivity index is 1.35. The molecule has 1 aliphatic rings. The van der Waals surface area contributed by atoms with Crippen LogP contribution < -0.4 is 14.8 Å². The van der Waals surface area contributed by atoms with E-state index in [-0.39, 0.29) is 0 Å². The number of amides is 1. The first-order valence-electron chi connectivity index (χ1n) is 7.99. The quantitative estimate of drug-likeness (QED) is 0.697. The molecule has 8 nitrogen and oxygen atoms in total. The van der Waals surface area contributed by atoms with Gasteiger partial charge in [-0.05, 0) is 30.3 Å². The van der Waals surface area contributed by atoms with Crippen molar-refractivity contribution in [2.75, 3.05) is 25.1 Å². The molecule has 3 aromatic rings. The number of imidazole rings is 1. The maximum atomic E-state index is 12.1. The van der Waals surface area contributed by atoms with Crippen molar-refractivity contribution in [1.29, 1.82) is 0 Å². The van der Waals surface area contributed by atoms with Gasteiger partial charge in [-0.25, -0.2) is 9.78 Å². The molecule has 0 unspecified atom stereocenters. The second kappa shape index (κ2) is 6.75. The minimum Gasteiger partial charge on any atom is -0.486 e. The molecule has 0 aliphatic carbocycles. The van der Waals surface area contributed by atoms with E-state index in [2.05, 4.69) is 15.3 Å². The highest BCUT2D eigenvalue weighted by Crippen LogP contribution is 2.32. The van der Waals surface area contributed by atoms with Gasteiger partial charge in [0.15, 0.2) is 18.1 Å². The zero-order valence-corrected chi connectivity index (χ0v) is 13.7. The molecular formula is C18H15N3O5. The first-order valence-corrected chi connectivity index (χ1v) is 7.99. The predicted molar refractivity (Wildman–Crippen MR) is 92.4 cm³/mol. The van der Waals surface area contributed by atoms with E-state index in [9.17, 15) is 9.59 Å². The van der Waals surface area contributed by atoms with Gasteiger partial charge in [-0.3, -0.25) is 4.79 Å². The van der Waals surface area contributed by atoms with Crippen LogP contribution in [0.5, 0.6) is 11.5 Å². The Morgan fingerprint density at radius 1 is 1.12 bits per heavy atom. The molecule has 0 atom stereocenters. The Morgan fingerprint density at radius 2 is 1.96 bits per heavy atom. The number of nitrogens with zero attached hydrogens (tertiary/aromatic N) is 1. The summed E-state index contributed by atoms with van der Waals surface area (Å²) in [5, 5.41) is 2.66. The van der Waals surface area contributed by atoms with E-state index in [0.29, 0.717) is 36.0 Å². The number of fused-ring (bicyclic) bond motifs is 2. The van der Waals surface area contributed by atoms with Crippen LogP contribution in [0.3, 0.4) is 0 Å². The summed E-state index contributed by atoms with van der Waals surface area (Å²) >= 11 is 0. The van der Waals surface area contributed by atoms with Crippen molar-refractivity contribution in [2.45, 2.75) is 0 Å². The van der Waals surface area contributed by atoms with Crippen molar-refractivity contribution in [3.8, 4) is 11.5 Å². The number of aromatic amines is 1. The molecule has 1 aromatic heterocycles. The van der Waals surface area contributed by atoms with E-state index in [1.165, 1.54) is 0 Å². The van der Waals surface area contributed by atoms with Gasteiger partial charge in [0.05, 0.1) is 22.9 Å². The van der Waals surface area contributed by atoms with Gasteiger partial charge in [0.2, 0.25) is 0 Å². The largest absolute Gasteiger partial charge is 0.486 e. The number of ether oxygens (including phenoxy) is 3. The molecule has 0 saturated heterocycles. The maximum Gasteiger partial charge on any atom is 0.338 e. The van der Waals surface area contributed by atoms with E-state index >= 15 is 0 Å². The number of H-pyrrole nitrogens is 1. The Kier molecular flexibility index (Phi) is 4.14. The molecule has 26 heavy (non-hydrogen) atoms. The fraction of sp³-hybridized carbons (Fsp3) is 0.167. The average molecular weight is 353 g/mol. The molecule has 2 heterocycles. The Morgan fingerprint density at radius 3 is 2.85 bits per heavy atom. The van der Waals surface area contributed by atoms with Crippen molar-refractivity contribution < 1.29 is 23.8 Å². The van der Waals surface area contributed by atoms with Crippen LogP contribution in [0.25, 0.3) is 11.0 Å². The standard InChI is InChI=1S/C18H15N3O5/c22-17(21-12-2-4-15-16(8-12)25-6-5-24-15)9-26-18(23)11-1-3-13-14(7-11)20-10-19-13/h1-4,7-8,10H,5-6,9H2,(H,19,20)(H,21,22). The Bertz CT molecular complexity index is 982. The number of aromatic nitrogens is 2. The summed E-state index contributed by atoms with van der Waals surface area (Å²) in [6.07, 6.45) is 1.54. The lowest BCUT2D eigenvalue weighted by molar-refractivity contribution is -0.119. The van der Waals surface area contributed by atoms with Crippen LogP contribution in [-0.4, -0.2) is 41.7 Å². The van der Waals surface area contributed by atoms with Crippen LogP contribution in [0.15, 0.2) is 42.7 Å². The van der Waals surface area contributed by atoms with Crippen molar-refractivity contribution in [1.82, 2.24) is 9.97 Å². The zero-order chi connectivity index (χ0) is 17.9. The van der Waals surface area contributed by atoms with E-state index in [0.717, 1.165) is 11.0 Å². The molecule has 0 saturated carbocycles. The van der Waals surface area contributed by atoms with Gasteiger partial charge >= 0.3 is 5.97 Å². The minimum absolute atomic E-state index is 0.342. The normalized spacial score (nSPS) is 12.6. The molecule has 8 heteroatoms. The number of hydrogen-bond donors (Lipinski definition) is 2. The van der Waals surface area contributed by atoms with Gasteiger partial charge in [-0.2, -0.15) is 0 Å². The number of anilines is 1. The van der Waals surface area contributed by atoms with Crippen molar-refractivity contribution in [2.24, 2.45) is 0 Å². The number of nitrogens with one attached hydrogen (secondary N) is 2.